The van der Waals surface area contributed by atoms with Gasteiger partial charge < -0.3 is 4.42 Å². The molecule has 3 aromatic rings. The Hall–Kier alpha value is -2.72. The van der Waals surface area contributed by atoms with Crippen molar-refractivity contribution in [2.45, 2.75) is 29.1 Å². The van der Waals surface area contributed by atoms with E-state index >= 15 is 0 Å². The van der Waals surface area contributed by atoms with Crippen molar-refractivity contribution >= 4 is 16.6 Å². The molecule has 2 aromatic carbocycles. The Morgan fingerprint density at radius 2 is 1.69 bits per heavy atom. The van der Waals surface area contributed by atoms with Crippen molar-refractivity contribution in [1.29, 1.82) is 0 Å². The molecule has 1 fully saturated rings. The summed E-state index contributed by atoms with van der Waals surface area (Å²) in [6.45, 7) is 1.99. The van der Waals surface area contributed by atoms with Gasteiger partial charge >= 0.3 is 0 Å². The Morgan fingerprint density at radius 1 is 0.966 bits per heavy atom. The predicted octanol–water partition coefficient (Wildman–Crippen LogP) is 5.54. The minimum Gasteiger partial charge on any atom is -0.460 e. The molecule has 146 valence electrons. The second-order valence-electron chi connectivity index (χ2n) is 7.97. The maximum Gasteiger partial charge on any atom is 0.203 e. The first-order valence-corrected chi connectivity index (χ1v) is 11.1. The molecule has 1 heterocycles. The summed E-state index contributed by atoms with van der Waals surface area (Å²) in [6, 6.07) is 19.5. The van der Waals surface area contributed by atoms with Gasteiger partial charge in [0, 0.05) is 16.7 Å². The molecule has 1 saturated carbocycles. The highest BCUT2D eigenvalue weighted by molar-refractivity contribution is 7.85. The van der Waals surface area contributed by atoms with E-state index < -0.39 is 10.8 Å². The van der Waals surface area contributed by atoms with Crippen molar-refractivity contribution in [3.63, 3.8) is 0 Å². The minimum absolute atomic E-state index is 0.0313. The van der Waals surface area contributed by atoms with Crippen molar-refractivity contribution in [2.24, 2.45) is 17.8 Å². The molecule has 3 nitrogen and oxygen atoms in total. The van der Waals surface area contributed by atoms with Gasteiger partial charge in [-0.1, -0.05) is 60.2 Å². The van der Waals surface area contributed by atoms with Crippen LogP contribution in [0.4, 0.5) is 0 Å². The average Bonchev–Trinajstić information content (AvgIpc) is 3.49. The first-order chi connectivity index (χ1) is 14.1. The number of carbonyl (C=O) groups is 1. The molecule has 2 aliphatic rings. The molecule has 0 N–H and O–H groups in total. The molecule has 0 spiro atoms. The zero-order valence-electron chi connectivity index (χ0n) is 16.2. The number of furan rings is 1. The van der Waals surface area contributed by atoms with Gasteiger partial charge in [-0.25, -0.2) is 4.21 Å². The fourth-order valence-electron chi connectivity index (χ4n) is 4.87. The van der Waals surface area contributed by atoms with Crippen LogP contribution in [0.5, 0.6) is 0 Å². The third-order valence-electron chi connectivity index (χ3n) is 6.23. The van der Waals surface area contributed by atoms with Crippen LogP contribution in [0.25, 0.3) is 0 Å². The minimum atomic E-state index is -1.45. The van der Waals surface area contributed by atoms with Crippen LogP contribution in [0.1, 0.15) is 34.0 Å². The topological polar surface area (TPSA) is 47.3 Å². The number of aryl methyl sites for hydroxylation is 1. The average molecular weight is 403 g/mol. The Kier molecular flexibility index (Phi) is 4.59. The van der Waals surface area contributed by atoms with Crippen LogP contribution in [-0.2, 0) is 10.8 Å². The van der Waals surface area contributed by atoms with Crippen LogP contribution in [0.3, 0.4) is 0 Å². The molecule has 0 saturated heterocycles. The second kappa shape index (κ2) is 7.27. The van der Waals surface area contributed by atoms with E-state index in [2.05, 4.69) is 24.3 Å². The van der Waals surface area contributed by atoms with E-state index in [9.17, 15) is 9.00 Å². The van der Waals surface area contributed by atoms with E-state index in [1.54, 1.807) is 6.07 Å². The standard InChI is InChI=1S/C25H22O3S/c1-16-7-11-20(12-8-16)29(27)21-13-14-28-25(21)24(26)23-19-10-9-18(15-19)22(23)17-5-3-2-4-6-17/h2-14,18-19,22-23H,15H2,1H3/t18-,19+,22+,23+,29?/m1/s1. The number of rotatable bonds is 5. The number of benzene rings is 2. The first kappa shape index (κ1) is 18.3. The number of Topliss-reactive ketones (excluding diaryl/α,β-unsaturated/α-hetero) is 1. The van der Waals surface area contributed by atoms with Gasteiger partial charge in [-0.2, -0.15) is 0 Å². The summed E-state index contributed by atoms with van der Waals surface area (Å²) in [4.78, 5) is 14.8. The molecule has 29 heavy (non-hydrogen) atoms. The summed E-state index contributed by atoms with van der Waals surface area (Å²) in [7, 11) is -1.45. The summed E-state index contributed by atoms with van der Waals surface area (Å²) in [5.74, 6) is 0.768. The quantitative estimate of drug-likeness (QED) is 0.416. The number of ketones is 1. The zero-order valence-corrected chi connectivity index (χ0v) is 17.0. The lowest BCUT2D eigenvalue weighted by Crippen LogP contribution is -2.26. The summed E-state index contributed by atoms with van der Waals surface area (Å²) >= 11 is 0. The molecule has 2 aliphatic carbocycles. The van der Waals surface area contributed by atoms with Gasteiger partial charge in [0.15, 0.2) is 5.76 Å². The largest absolute Gasteiger partial charge is 0.460 e. The Bertz CT molecular complexity index is 1090. The van der Waals surface area contributed by atoms with Crippen molar-refractivity contribution in [1.82, 2.24) is 0 Å². The van der Waals surface area contributed by atoms with Gasteiger partial charge in [0.1, 0.15) is 0 Å². The fraction of sp³-hybridized carbons (Fsp3) is 0.240. The molecule has 4 heteroatoms. The van der Waals surface area contributed by atoms with Gasteiger partial charge in [0.05, 0.1) is 22.0 Å². The van der Waals surface area contributed by atoms with Crippen LogP contribution in [0, 0.1) is 24.7 Å². The van der Waals surface area contributed by atoms with Crippen LogP contribution >= 0.6 is 0 Å². The lowest BCUT2D eigenvalue weighted by atomic mass is 9.76. The smallest absolute Gasteiger partial charge is 0.203 e. The van der Waals surface area contributed by atoms with Crippen molar-refractivity contribution in [2.75, 3.05) is 0 Å². The van der Waals surface area contributed by atoms with Gasteiger partial charge in [-0.3, -0.25) is 4.79 Å². The van der Waals surface area contributed by atoms with E-state index in [4.69, 9.17) is 4.42 Å². The van der Waals surface area contributed by atoms with Crippen LogP contribution in [0.15, 0.2) is 93.3 Å². The van der Waals surface area contributed by atoms with Crippen LogP contribution in [-0.4, -0.2) is 9.99 Å². The van der Waals surface area contributed by atoms with Crippen LogP contribution < -0.4 is 0 Å². The molecule has 1 unspecified atom stereocenters. The van der Waals surface area contributed by atoms with Crippen molar-refractivity contribution in [3.8, 4) is 0 Å². The SMILES string of the molecule is Cc1ccc(S(=O)c2ccoc2C(=O)[C@@H]2[C@@H](c3ccccc3)[C@@H]3C=C[C@H]2C3)cc1. The van der Waals surface area contributed by atoms with Crippen LogP contribution in [0.2, 0.25) is 0 Å². The van der Waals surface area contributed by atoms with Gasteiger partial charge in [0.25, 0.3) is 0 Å². The molecular weight excluding hydrogens is 380 g/mol. The van der Waals surface area contributed by atoms with Gasteiger partial charge in [0.2, 0.25) is 5.78 Å². The summed E-state index contributed by atoms with van der Waals surface area (Å²) in [5, 5.41) is 0. The highest BCUT2D eigenvalue weighted by Crippen LogP contribution is 2.54. The number of hydrogen-bond acceptors (Lipinski definition) is 3. The summed E-state index contributed by atoms with van der Waals surface area (Å²) in [6.07, 6.45) is 6.90. The highest BCUT2D eigenvalue weighted by atomic mass is 32.2. The van der Waals surface area contributed by atoms with E-state index in [1.807, 2.05) is 49.4 Å². The maximum atomic E-state index is 13.6. The van der Waals surface area contributed by atoms with Gasteiger partial charge in [-0.15, -0.1) is 0 Å². The summed E-state index contributed by atoms with van der Waals surface area (Å²) < 4.78 is 18.8. The molecule has 0 aliphatic heterocycles. The zero-order chi connectivity index (χ0) is 20.0. The fourth-order valence-corrected chi connectivity index (χ4v) is 6.01. The van der Waals surface area contributed by atoms with E-state index in [1.165, 1.54) is 11.8 Å². The molecule has 0 amide bonds. The highest BCUT2D eigenvalue weighted by Gasteiger charge is 2.49. The van der Waals surface area contributed by atoms with Crippen molar-refractivity contribution in [3.05, 3.63) is 96.0 Å². The number of carbonyl (C=O) groups excluding carboxylic acids is 1. The Labute approximate surface area is 172 Å². The second-order valence-corrected chi connectivity index (χ2v) is 9.42. The van der Waals surface area contributed by atoms with E-state index in [-0.39, 0.29) is 29.3 Å². The number of fused-ring (bicyclic) bond motifs is 2. The molecule has 0 radical (unpaired) electrons. The molecule has 2 bridgehead atoms. The molecule has 5 atom stereocenters. The predicted molar refractivity (Wildman–Crippen MR) is 112 cm³/mol. The van der Waals surface area contributed by atoms with Gasteiger partial charge in [-0.05, 0) is 48.9 Å². The molecule has 1 aromatic heterocycles. The molecule has 5 rings (SSSR count). The monoisotopic (exact) mass is 402 g/mol. The summed E-state index contributed by atoms with van der Waals surface area (Å²) in [5.41, 5.74) is 2.30. The lowest BCUT2D eigenvalue weighted by molar-refractivity contribution is 0.0853. The van der Waals surface area contributed by atoms with E-state index in [0.29, 0.717) is 15.7 Å². The molecular formula is C25H22O3S. The third kappa shape index (κ3) is 3.12. The maximum absolute atomic E-state index is 13.6. The first-order valence-electron chi connectivity index (χ1n) is 9.97. The number of hydrogen-bond donors (Lipinski definition) is 0. The number of allylic oxidation sites excluding steroid dienone is 2. The third-order valence-corrected chi connectivity index (χ3v) is 7.66. The van der Waals surface area contributed by atoms with Crippen molar-refractivity contribution < 1.29 is 13.4 Å². The Balaban J connectivity index is 1.50. The lowest BCUT2D eigenvalue weighted by Gasteiger charge is -2.27. The Morgan fingerprint density at radius 3 is 2.45 bits per heavy atom. The normalized spacial score (nSPS) is 26.0. The van der Waals surface area contributed by atoms with E-state index in [0.717, 1.165) is 12.0 Å².